The van der Waals surface area contributed by atoms with Crippen LogP contribution in [0.25, 0.3) is 11.0 Å². The third-order valence-electron chi connectivity index (χ3n) is 4.57. The molecule has 0 saturated heterocycles. The van der Waals surface area contributed by atoms with Crippen LogP contribution >= 0.6 is 23.2 Å². The predicted octanol–water partition coefficient (Wildman–Crippen LogP) is 4.41. The minimum Gasteiger partial charge on any atom is -0.381 e. The van der Waals surface area contributed by atoms with Gasteiger partial charge >= 0.3 is 0 Å². The van der Waals surface area contributed by atoms with Gasteiger partial charge in [0, 0.05) is 23.6 Å². The first-order valence-electron chi connectivity index (χ1n) is 6.74. The maximum absolute atomic E-state index is 6.08. The highest BCUT2D eigenvalue weighted by Gasteiger charge is 2.50. The van der Waals surface area contributed by atoms with Crippen molar-refractivity contribution >= 4 is 34.2 Å². The number of nitrogens with zero attached hydrogens (tertiary/aromatic N) is 2. The summed E-state index contributed by atoms with van der Waals surface area (Å²) in [6, 6.07) is 6.17. The number of alkyl halides is 1. The molecule has 1 saturated carbocycles. The van der Waals surface area contributed by atoms with Crippen molar-refractivity contribution in [1.82, 2.24) is 9.55 Å². The predicted molar refractivity (Wildman–Crippen MR) is 82.5 cm³/mol. The van der Waals surface area contributed by atoms with Gasteiger partial charge in [-0.25, -0.2) is 4.98 Å². The van der Waals surface area contributed by atoms with Gasteiger partial charge in [0.05, 0.1) is 23.0 Å². The van der Waals surface area contributed by atoms with Gasteiger partial charge in [-0.2, -0.15) is 0 Å². The summed E-state index contributed by atoms with van der Waals surface area (Å²) in [6.07, 6.45) is 1.27. The van der Waals surface area contributed by atoms with Crippen molar-refractivity contribution in [3.63, 3.8) is 0 Å². The Labute approximate surface area is 128 Å². The van der Waals surface area contributed by atoms with E-state index in [0.717, 1.165) is 23.3 Å². The summed E-state index contributed by atoms with van der Waals surface area (Å²) >= 11 is 12.1. The lowest BCUT2D eigenvalue weighted by atomic mass is 9.64. The van der Waals surface area contributed by atoms with Gasteiger partial charge in [-0.05, 0) is 24.6 Å². The lowest BCUT2D eigenvalue weighted by Crippen LogP contribution is -2.51. The van der Waals surface area contributed by atoms with Gasteiger partial charge in [-0.1, -0.05) is 25.4 Å². The van der Waals surface area contributed by atoms with Gasteiger partial charge in [-0.15, -0.1) is 11.6 Å². The highest BCUT2D eigenvalue weighted by Crippen LogP contribution is 2.52. The molecule has 0 N–H and O–H groups in total. The molecule has 2 atom stereocenters. The molecule has 0 amide bonds. The van der Waals surface area contributed by atoms with E-state index in [0.29, 0.717) is 16.9 Å². The van der Waals surface area contributed by atoms with Crippen LogP contribution in [0.3, 0.4) is 0 Å². The van der Waals surface area contributed by atoms with E-state index in [1.807, 2.05) is 18.2 Å². The Hall–Kier alpha value is -0.770. The van der Waals surface area contributed by atoms with Gasteiger partial charge in [0.1, 0.15) is 5.82 Å². The number of methoxy groups -OCH3 is 1. The SMILES string of the molecule is COC1CC(n2c(CCl)nc3cc(Cl)ccc32)C1(C)C. The highest BCUT2D eigenvalue weighted by molar-refractivity contribution is 6.31. The maximum Gasteiger partial charge on any atom is 0.125 e. The minimum atomic E-state index is 0.0722. The zero-order valence-electron chi connectivity index (χ0n) is 11.9. The molecule has 3 nitrogen and oxygen atoms in total. The number of benzene rings is 1. The summed E-state index contributed by atoms with van der Waals surface area (Å²) in [5.74, 6) is 1.30. The number of fused-ring (bicyclic) bond motifs is 1. The number of imidazole rings is 1. The quantitative estimate of drug-likeness (QED) is 0.785. The van der Waals surface area contributed by atoms with Crippen molar-refractivity contribution in [1.29, 1.82) is 0 Å². The normalized spacial score (nSPS) is 24.9. The number of ether oxygens (including phenoxy) is 1. The second-order valence-electron chi connectivity index (χ2n) is 5.96. The maximum atomic E-state index is 6.08. The minimum absolute atomic E-state index is 0.0722. The van der Waals surface area contributed by atoms with E-state index in [9.17, 15) is 0 Å². The molecule has 0 radical (unpaired) electrons. The van der Waals surface area contributed by atoms with Crippen LogP contribution in [0.1, 0.15) is 32.1 Å². The molecule has 0 aliphatic heterocycles. The third kappa shape index (κ3) is 1.95. The second-order valence-corrected chi connectivity index (χ2v) is 6.67. The largest absolute Gasteiger partial charge is 0.381 e. The number of rotatable bonds is 3. The topological polar surface area (TPSA) is 27.1 Å². The van der Waals surface area contributed by atoms with Crippen molar-refractivity contribution in [2.45, 2.75) is 38.3 Å². The first-order chi connectivity index (χ1) is 9.48. The molecule has 20 heavy (non-hydrogen) atoms. The molecule has 108 valence electrons. The van der Waals surface area contributed by atoms with E-state index in [2.05, 4.69) is 23.4 Å². The van der Waals surface area contributed by atoms with Crippen LogP contribution in [0.15, 0.2) is 18.2 Å². The number of halogens is 2. The summed E-state index contributed by atoms with van der Waals surface area (Å²) in [5, 5.41) is 0.700. The van der Waals surface area contributed by atoms with Crippen LogP contribution in [0.4, 0.5) is 0 Å². The Morgan fingerprint density at radius 2 is 2.20 bits per heavy atom. The van der Waals surface area contributed by atoms with E-state index in [4.69, 9.17) is 27.9 Å². The van der Waals surface area contributed by atoms with E-state index >= 15 is 0 Å². The zero-order chi connectivity index (χ0) is 14.5. The number of aromatic nitrogens is 2. The first kappa shape index (κ1) is 14.2. The van der Waals surface area contributed by atoms with Crippen LogP contribution in [-0.4, -0.2) is 22.8 Å². The number of hydrogen-bond acceptors (Lipinski definition) is 2. The Morgan fingerprint density at radius 1 is 1.45 bits per heavy atom. The van der Waals surface area contributed by atoms with Crippen LogP contribution in [0.5, 0.6) is 0 Å². The average Bonchev–Trinajstić information content (AvgIpc) is 2.75. The molecule has 1 fully saturated rings. The lowest BCUT2D eigenvalue weighted by molar-refractivity contribution is -0.112. The van der Waals surface area contributed by atoms with E-state index in [1.54, 1.807) is 7.11 Å². The van der Waals surface area contributed by atoms with Crippen molar-refractivity contribution in [2.75, 3.05) is 7.11 Å². The summed E-state index contributed by atoms with van der Waals surface area (Å²) in [7, 11) is 1.77. The van der Waals surface area contributed by atoms with Crippen molar-refractivity contribution < 1.29 is 4.74 Å². The van der Waals surface area contributed by atoms with Gasteiger partial charge in [-0.3, -0.25) is 0 Å². The van der Waals surface area contributed by atoms with Gasteiger partial charge in [0.25, 0.3) is 0 Å². The van der Waals surface area contributed by atoms with Gasteiger partial charge < -0.3 is 9.30 Å². The fourth-order valence-electron chi connectivity index (χ4n) is 3.27. The summed E-state index contributed by atoms with van der Waals surface area (Å²) in [6.45, 7) is 4.46. The van der Waals surface area contributed by atoms with E-state index in [1.165, 1.54) is 0 Å². The van der Waals surface area contributed by atoms with Crippen LogP contribution < -0.4 is 0 Å². The van der Waals surface area contributed by atoms with E-state index in [-0.39, 0.29) is 11.5 Å². The van der Waals surface area contributed by atoms with Gasteiger partial charge in [0.2, 0.25) is 0 Å². The van der Waals surface area contributed by atoms with Crippen LogP contribution in [-0.2, 0) is 10.6 Å². The molecular weight excluding hydrogens is 295 g/mol. The second kappa shape index (κ2) is 4.90. The summed E-state index contributed by atoms with van der Waals surface area (Å²) in [4.78, 5) is 4.62. The molecule has 3 rings (SSSR count). The van der Waals surface area contributed by atoms with Gasteiger partial charge in [0.15, 0.2) is 0 Å². The highest BCUT2D eigenvalue weighted by atomic mass is 35.5. The molecule has 1 aliphatic rings. The molecule has 1 aromatic carbocycles. The Bertz CT molecular complexity index is 651. The standard InChI is InChI=1S/C15H18Cl2N2O/c1-15(2)12(7-13(15)20-3)19-11-5-4-9(17)6-10(11)18-14(19)8-16/h4-6,12-13H,7-8H2,1-3H3. The first-order valence-corrected chi connectivity index (χ1v) is 7.65. The van der Waals surface area contributed by atoms with Crippen molar-refractivity contribution in [2.24, 2.45) is 5.41 Å². The monoisotopic (exact) mass is 312 g/mol. The fourth-order valence-corrected chi connectivity index (χ4v) is 3.62. The molecule has 1 aromatic heterocycles. The molecular formula is C15H18Cl2N2O. The van der Waals surface area contributed by atoms with Crippen molar-refractivity contribution in [3.05, 3.63) is 29.0 Å². The Kier molecular flexibility index (Phi) is 3.47. The summed E-state index contributed by atoms with van der Waals surface area (Å²) < 4.78 is 7.80. The molecule has 0 bridgehead atoms. The zero-order valence-corrected chi connectivity index (χ0v) is 13.4. The smallest absolute Gasteiger partial charge is 0.125 e. The van der Waals surface area contributed by atoms with Crippen molar-refractivity contribution in [3.8, 4) is 0 Å². The molecule has 5 heteroatoms. The number of hydrogen-bond donors (Lipinski definition) is 0. The molecule has 0 spiro atoms. The Balaban J connectivity index is 2.12. The molecule has 1 heterocycles. The third-order valence-corrected chi connectivity index (χ3v) is 5.04. The molecule has 2 aromatic rings. The van der Waals surface area contributed by atoms with E-state index < -0.39 is 0 Å². The Morgan fingerprint density at radius 3 is 2.80 bits per heavy atom. The molecule has 2 unspecified atom stereocenters. The molecule has 1 aliphatic carbocycles. The van der Waals surface area contributed by atoms with Crippen LogP contribution in [0.2, 0.25) is 5.02 Å². The lowest BCUT2D eigenvalue weighted by Gasteiger charge is -2.52. The summed E-state index contributed by atoms with van der Waals surface area (Å²) in [5.41, 5.74) is 2.07. The average molecular weight is 313 g/mol. The van der Waals surface area contributed by atoms with Crippen LogP contribution in [0, 0.1) is 5.41 Å². The fraction of sp³-hybridized carbons (Fsp3) is 0.533.